The van der Waals surface area contributed by atoms with E-state index in [1.807, 2.05) is 0 Å². The molecule has 116 valence electrons. The van der Waals surface area contributed by atoms with E-state index in [0.29, 0.717) is 13.1 Å². The van der Waals surface area contributed by atoms with Gasteiger partial charge in [0.2, 0.25) is 0 Å². The van der Waals surface area contributed by atoms with E-state index in [-0.39, 0.29) is 18.4 Å². The van der Waals surface area contributed by atoms with Crippen molar-refractivity contribution < 1.29 is 14.7 Å². The number of urea groups is 1. The number of carbonyl (C=O) groups is 2. The average Bonchev–Trinajstić information content (AvgIpc) is 2.38. The molecule has 0 unspecified atom stereocenters. The maximum absolute atomic E-state index is 11.9. The maximum Gasteiger partial charge on any atom is 0.317 e. The SMILES string of the molecule is CC(C)CCCCNC(=O)N1CCC(CC(=O)O)CC1. The number of aliphatic carboxylic acids is 1. The number of unbranched alkanes of at least 4 members (excludes halogenated alkanes) is 1. The average molecular weight is 284 g/mol. The van der Waals surface area contributed by atoms with Crippen LogP contribution in [-0.4, -0.2) is 41.6 Å². The van der Waals surface area contributed by atoms with Crippen molar-refractivity contribution in [3.05, 3.63) is 0 Å². The molecule has 1 saturated heterocycles. The Bertz CT molecular complexity index is 310. The van der Waals surface area contributed by atoms with Gasteiger partial charge in [-0.2, -0.15) is 0 Å². The fourth-order valence-corrected chi connectivity index (χ4v) is 2.57. The fourth-order valence-electron chi connectivity index (χ4n) is 2.57. The van der Waals surface area contributed by atoms with Gasteiger partial charge in [0, 0.05) is 26.1 Å². The van der Waals surface area contributed by atoms with Crippen LogP contribution in [0.2, 0.25) is 0 Å². The Morgan fingerprint density at radius 2 is 1.90 bits per heavy atom. The molecule has 0 aromatic rings. The number of amides is 2. The minimum Gasteiger partial charge on any atom is -0.481 e. The summed E-state index contributed by atoms with van der Waals surface area (Å²) in [7, 11) is 0. The van der Waals surface area contributed by atoms with Crippen molar-refractivity contribution in [3.63, 3.8) is 0 Å². The predicted octanol–water partition coefficient (Wildman–Crippen LogP) is 2.71. The predicted molar refractivity (Wildman–Crippen MR) is 78.6 cm³/mol. The minimum absolute atomic E-state index is 0.00308. The van der Waals surface area contributed by atoms with E-state index in [4.69, 9.17) is 5.11 Å². The third kappa shape index (κ3) is 6.78. The van der Waals surface area contributed by atoms with Crippen molar-refractivity contribution in [2.24, 2.45) is 11.8 Å². The Morgan fingerprint density at radius 3 is 2.45 bits per heavy atom. The van der Waals surface area contributed by atoms with E-state index in [1.54, 1.807) is 4.90 Å². The summed E-state index contributed by atoms with van der Waals surface area (Å²) < 4.78 is 0. The van der Waals surface area contributed by atoms with Crippen LogP contribution in [0.5, 0.6) is 0 Å². The summed E-state index contributed by atoms with van der Waals surface area (Å²) in [6, 6.07) is 0.00308. The van der Waals surface area contributed by atoms with Gasteiger partial charge in [0.25, 0.3) is 0 Å². The molecule has 0 aromatic heterocycles. The lowest BCUT2D eigenvalue weighted by Gasteiger charge is -2.31. The van der Waals surface area contributed by atoms with Gasteiger partial charge in [-0.1, -0.05) is 26.7 Å². The Morgan fingerprint density at radius 1 is 1.25 bits per heavy atom. The van der Waals surface area contributed by atoms with Gasteiger partial charge in [-0.3, -0.25) is 4.79 Å². The zero-order chi connectivity index (χ0) is 15.0. The second kappa shape index (κ2) is 8.82. The Labute approximate surface area is 121 Å². The molecule has 0 aromatic carbocycles. The molecule has 1 fully saturated rings. The molecule has 2 N–H and O–H groups in total. The van der Waals surface area contributed by atoms with Crippen LogP contribution in [0.1, 0.15) is 52.4 Å². The maximum atomic E-state index is 11.9. The molecule has 1 heterocycles. The summed E-state index contributed by atoms with van der Waals surface area (Å²) in [6.07, 6.45) is 5.21. The Hall–Kier alpha value is -1.26. The first-order chi connectivity index (χ1) is 9.49. The molecule has 0 aliphatic carbocycles. The number of nitrogens with zero attached hydrogens (tertiary/aromatic N) is 1. The van der Waals surface area contributed by atoms with Crippen molar-refractivity contribution in [3.8, 4) is 0 Å². The molecule has 20 heavy (non-hydrogen) atoms. The topological polar surface area (TPSA) is 69.6 Å². The van der Waals surface area contributed by atoms with Crippen molar-refractivity contribution >= 4 is 12.0 Å². The van der Waals surface area contributed by atoms with Crippen LogP contribution in [0.4, 0.5) is 4.79 Å². The number of carboxylic acids is 1. The normalized spacial score (nSPS) is 16.4. The summed E-state index contributed by atoms with van der Waals surface area (Å²) in [4.78, 5) is 24.4. The van der Waals surface area contributed by atoms with Gasteiger partial charge in [-0.15, -0.1) is 0 Å². The summed E-state index contributed by atoms with van der Waals surface area (Å²) in [6.45, 7) is 6.51. The van der Waals surface area contributed by atoms with Crippen LogP contribution in [-0.2, 0) is 4.79 Å². The number of rotatable bonds is 7. The van der Waals surface area contributed by atoms with Crippen LogP contribution < -0.4 is 5.32 Å². The standard InChI is InChI=1S/C15H28N2O3/c1-12(2)5-3-4-8-16-15(20)17-9-6-13(7-10-17)11-14(18)19/h12-13H,3-11H2,1-2H3,(H,16,20)(H,18,19). The van der Waals surface area contributed by atoms with Gasteiger partial charge in [0.15, 0.2) is 0 Å². The van der Waals surface area contributed by atoms with E-state index in [2.05, 4.69) is 19.2 Å². The molecule has 1 aliphatic rings. The lowest BCUT2D eigenvalue weighted by molar-refractivity contribution is -0.138. The first-order valence-electron chi connectivity index (χ1n) is 7.73. The molecule has 0 radical (unpaired) electrons. The van der Waals surface area contributed by atoms with E-state index >= 15 is 0 Å². The first-order valence-corrected chi connectivity index (χ1v) is 7.73. The summed E-state index contributed by atoms with van der Waals surface area (Å²) >= 11 is 0. The summed E-state index contributed by atoms with van der Waals surface area (Å²) in [5, 5.41) is 11.7. The molecule has 2 amide bonds. The van der Waals surface area contributed by atoms with Crippen LogP contribution >= 0.6 is 0 Å². The fraction of sp³-hybridized carbons (Fsp3) is 0.867. The monoisotopic (exact) mass is 284 g/mol. The van der Waals surface area contributed by atoms with E-state index in [0.717, 1.165) is 38.1 Å². The van der Waals surface area contributed by atoms with E-state index < -0.39 is 5.97 Å². The summed E-state index contributed by atoms with van der Waals surface area (Å²) in [5.41, 5.74) is 0. The molecule has 1 aliphatic heterocycles. The molecular weight excluding hydrogens is 256 g/mol. The minimum atomic E-state index is -0.738. The smallest absolute Gasteiger partial charge is 0.317 e. The van der Waals surface area contributed by atoms with Gasteiger partial charge in [-0.05, 0) is 31.1 Å². The van der Waals surface area contributed by atoms with Gasteiger partial charge in [0.05, 0.1) is 0 Å². The van der Waals surface area contributed by atoms with Crippen molar-refractivity contribution in [2.45, 2.75) is 52.4 Å². The lowest BCUT2D eigenvalue weighted by Crippen LogP contribution is -2.44. The molecular formula is C15H28N2O3. The highest BCUT2D eigenvalue weighted by molar-refractivity contribution is 5.74. The van der Waals surface area contributed by atoms with Crippen molar-refractivity contribution in [2.75, 3.05) is 19.6 Å². The van der Waals surface area contributed by atoms with Gasteiger partial charge < -0.3 is 15.3 Å². The zero-order valence-corrected chi connectivity index (χ0v) is 12.7. The molecule has 1 rings (SSSR count). The first kappa shape index (κ1) is 16.8. The van der Waals surface area contributed by atoms with E-state index in [9.17, 15) is 9.59 Å². The number of hydrogen-bond acceptors (Lipinski definition) is 2. The third-order valence-corrected chi connectivity index (χ3v) is 3.85. The highest BCUT2D eigenvalue weighted by atomic mass is 16.4. The second-order valence-electron chi connectivity index (χ2n) is 6.15. The molecule has 0 atom stereocenters. The van der Waals surface area contributed by atoms with Crippen LogP contribution in [0.15, 0.2) is 0 Å². The van der Waals surface area contributed by atoms with Crippen LogP contribution in [0.3, 0.4) is 0 Å². The molecule has 5 heteroatoms. The van der Waals surface area contributed by atoms with Crippen molar-refractivity contribution in [1.29, 1.82) is 0 Å². The second-order valence-corrected chi connectivity index (χ2v) is 6.15. The van der Waals surface area contributed by atoms with Crippen molar-refractivity contribution in [1.82, 2.24) is 10.2 Å². The summed E-state index contributed by atoms with van der Waals surface area (Å²) in [5.74, 6) is 0.208. The third-order valence-electron chi connectivity index (χ3n) is 3.85. The number of piperidine rings is 1. The molecule has 0 saturated carbocycles. The zero-order valence-electron chi connectivity index (χ0n) is 12.7. The number of likely N-dealkylation sites (tertiary alicyclic amines) is 1. The Kier molecular flexibility index (Phi) is 7.41. The highest BCUT2D eigenvalue weighted by Crippen LogP contribution is 2.20. The number of carbonyl (C=O) groups excluding carboxylic acids is 1. The largest absolute Gasteiger partial charge is 0.481 e. The van der Waals surface area contributed by atoms with Gasteiger partial charge in [-0.25, -0.2) is 4.79 Å². The van der Waals surface area contributed by atoms with Gasteiger partial charge in [0.1, 0.15) is 0 Å². The Balaban J connectivity index is 2.11. The molecule has 0 bridgehead atoms. The van der Waals surface area contributed by atoms with E-state index in [1.165, 1.54) is 6.42 Å². The van der Waals surface area contributed by atoms with Crippen LogP contribution in [0.25, 0.3) is 0 Å². The molecule has 5 nitrogen and oxygen atoms in total. The molecule has 0 spiro atoms. The number of nitrogens with one attached hydrogen (secondary N) is 1. The van der Waals surface area contributed by atoms with Crippen LogP contribution in [0, 0.1) is 11.8 Å². The quantitative estimate of drug-likeness (QED) is 0.706. The number of carboxylic acid groups (broad SMARTS) is 1. The lowest BCUT2D eigenvalue weighted by atomic mass is 9.94. The number of hydrogen-bond donors (Lipinski definition) is 2. The highest BCUT2D eigenvalue weighted by Gasteiger charge is 2.23. The van der Waals surface area contributed by atoms with Gasteiger partial charge >= 0.3 is 12.0 Å².